The fourth-order valence-corrected chi connectivity index (χ4v) is 1.99. The largest absolute Gasteiger partial charge is 0.504 e. The molecule has 0 radical (unpaired) electrons. The van der Waals surface area contributed by atoms with E-state index < -0.39 is 0 Å². The second kappa shape index (κ2) is 6.17. The van der Waals surface area contributed by atoms with Gasteiger partial charge in [-0.25, -0.2) is 0 Å². The van der Waals surface area contributed by atoms with Crippen LogP contribution in [0.2, 0.25) is 0 Å². The Bertz CT molecular complexity index is 667. The third-order valence-electron chi connectivity index (χ3n) is 3.09. The molecule has 1 amide bonds. The Morgan fingerprint density at radius 2 is 1.71 bits per heavy atom. The molecule has 2 rings (SSSR count). The number of phenols is 1. The molecule has 2 aromatic rings. The number of anilines is 1. The van der Waals surface area contributed by atoms with E-state index in [0.717, 1.165) is 11.3 Å². The number of aryl methyl sites for hydroxylation is 1. The minimum atomic E-state index is -0.308. The van der Waals surface area contributed by atoms with E-state index in [1.807, 2.05) is 13.0 Å². The first-order valence-corrected chi connectivity index (χ1v) is 6.38. The summed E-state index contributed by atoms with van der Waals surface area (Å²) in [6.07, 6.45) is 0. The van der Waals surface area contributed by atoms with Crippen molar-refractivity contribution in [1.29, 1.82) is 0 Å². The van der Waals surface area contributed by atoms with Crippen molar-refractivity contribution in [3.8, 4) is 17.2 Å². The molecule has 0 heterocycles. The predicted octanol–water partition coefficient (Wildman–Crippen LogP) is 2.97. The summed E-state index contributed by atoms with van der Waals surface area (Å²) < 4.78 is 10.1. The van der Waals surface area contributed by atoms with Gasteiger partial charge in [0.2, 0.25) is 0 Å². The molecule has 0 aromatic heterocycles. The molecule has 2 N–H and O–H groups in total. The van der Waals surface area contributed by atoms with Crippen molar-refractivity contribution >= 4 is 11.6 Å². The predicted molar refractivity (Wildman–Crippen MR) is 80.3 cm³/mol. The normalized spacial score (nSPS) is 10.0. The van der Waals surface area contributed by atoms with Crippen LogP contribution in [0.1, 0.15) is 15.9 Å². The monoisotopic (exact) mass is 287 g/mol. The molecule has 2 aromatic carbocycles. The van der Waals surface area contributed by atoms with E-state index in [-0.39, 0.29) is 11.7 Å². The van der Waals surface area contributed by atoms with E-state index in [2.05, 4.69) is 5.32 Å². The van der Waals surface area contributed by atoms with Crippen molar-refractivity contribution in [3.63, 3.8) is 0 Å². The maximum absolute atomic E-state index is 12.1. The maximum Gasteiger partial charge on any atom is 0.255 e. The van der Waals surface area contributed by atoms with Gasteiger partial charge in [-0.3, -0.25) is 4.79 Å². The van der Waals surface area contributed by atoms with Crippen LogP contribution in [-0.4, -0.2) is 25.2 Å². The van der Waals surface area contributed by atoms with Gasteiger partial charge in [0.15, 0.2) is 11.5 Å². The molecule has 21 heavy (non-hydrogen) atoms. The summed E-state index contributed by atoms with van der Waals surface area (Å²) in [5.74, 6) is 0.704. The first-order chi connectivity index (χ1) is 10.0. The molecule has 5 heteroatoms. The SMILES string of the molecule is COc1ccc(NC(=O)c2ccc(OC)c(O)c2)cc1C. The summed E-state index contributed by atoms with van der Waals surface area (Å²) >= 11 is 0. The molecule has 0 unspecified atom stereocenters. The Morgan fingerprint density at radius 3 is 2.29 bits per heavy atom. The van der Waals surface area contributed by atoms with Crippen molar-refractivity contribution in [2.45, 2.75) is 6.92 Å². The number of carbonyl (C=O) groups is 1. The highest BCUT2D eigenvalue weighted by Gasteiger charge is 2.10. The smallest absolute Gasteiger partial charge is 0.255 e. The maximum atomic E-state index is 12.1. The quantitative estimate of drug-likeness (QED) is 0.907. The van der Waals surface area contributed by atoms with Gasteiger partial charge in [-0.05, 0) is 48.9 Å². The van der Waals surface area contributed by atoms with E-state index >= 15 is 0 Å². The lowest BCUT2D eigenvalue weighted by Crippen LogP contribution is -2.12. The number of phenolic OH excluding ortho intramolecular Hbond substituents is 1. The van der Waals surface area contributed by atoms with Crippen LogP contribution in [0.25, 0.3) is 0 Å². The molecule has 0 aliphatic carbocycles. The highest BCUT2D eigenvalue weighted by molar-refractivity contribution is 6.04. The topological polar surface area (TPSA) is 67.8 Å². The van der Waals surface area contributed by atoms with Gasteiger partial charge in [0.05, 0.1) is 14.2 Å². The Morgan fingerprint density at radius 1 is 1.05 bits per heavy atom. The van der Waals surface area contributed by atoms with Gasteiger partial charge >= 0.3 is 0 Å². The lowest BCUT2D eigenvalue weighted by Gasteiger charge is -2.10. The number of methoxy groups -OCH3 is 2. The molecule has 0 spiro atoms. The van der Waals surface area contributed by atoms with Gasteiger partial charge in [0.1, 0.15) is 5.75 Å². The zero-order valence-corrected chi connectivity index (χ0v) is 12.1. The highest BCUT2D eigenvalue weighted by atomic mass is 16.5. The fraction of sp³-hybridized carbons (Fsp3) is 0.188. The van der Waals surface area contributed by atoms with Crippen LogP contribution < -0.4 is 14.8 Å². The minimum Gasteiger partial charge on any atom is -0.504 e. The number of nitrogens with one attached hydrogen (secondary N) is 1. The van der Waals surface area contributed by atoms with Crippen LogP contribution in [0.4, 0.5) is 5.69 Å². The standard InChI is InChI=1S/C16H17NO4/c1-10-8-12(5-7-14(10)20-2)17-16(19)11-4-6-15(21-3)13(18)9-11/h4-9,18H,1-3H3,(H,17,19). The van der Waals surface area contributed by atoms with Gasteiger partial charge < -0.3 is 19.9 Å². The number of amides is 1. The van der Waals surface area contributed by atoms with Crippen molar-refractivity contribution in [1.82, 2.24) is 0 Å². The van der Waals surface area contributed by atoms with Crippen LogP contribution in [0, 0.1) is 6.92 Å². The van der Waals surface area contributed by atoms with E-state index in [1.165, 1.54) is 13.2 Å². The molecule has 110 valence electrons. The Kier molecular flexibility index (Phi) is 4.33. The van der Waals surface area contributed by atoms with Crippen molar-refractivity contribution in [2.24, 2.45) is 0 Å². The molecule has 0 aliphatic heterocycles. The van der Waals surface area contributed by atoms with Crippen LogP contribution in [0.15, 0.2) is 36.4 Å². The molecule has 0 atom stereocenters. The van der Waals surface area contributed by atoms with Crippen LogP contribution in [0.5, 0.6) is 17.2 Å². The van der Waals surface area contributed by atoms with Crippen LogP contribution in [0.3, 0.4) is 0 Å². The minimum absolute atomic E-state index is 0.0731. The van der Waals surface area contributed by atoms with Gasteiger partial charge in [-0.1, -0.05) is 0 Å². The van der Waals surface area contributed by atoms with Gasteiger partial charge in [0, 0.05) is 11.3 Å². The number of aromatic hydroxyl groups is 1. The van der Waals surface area contributed by atoms with E-state index in [4.69, 9.17) is 9.47 Å². The molecular weight excluding hydrogens is 270 g/mol. The molecule has 0 saturated carbocycles. The summed E-state index contributed by atoms with van der Waals surface area (Å²) in [7, 11) is 3.05. The average Bonchev–Trinajstić information content (AvgIpc) is 2.47. The summed E-state index contributed by atoms with van der Waals surface area (Å²) in [4.78, 5) is 12.1. The Labute approximate surface area is 123 Å². The van der Waals surface area contributed by atoms with Gasteiger partial charge in [-0.2, -0.15) is 0 Å². The Hall–Kier alpha value is -2.69. The number of hydrogen-bond donors (Lipinski definition) is 2. The highest BCUT2D eigenvalue weighted by Crippen LogP contribution is 2.27. The third kappa shape index (κ3) is 3.25. The molecule has 0 aliphatic rings. The fourth-order valence-electron chi connectivity index (χ4n) is 1.99. The van der Waals surface area contributed by atoms with E-state index in [0.29, 0.717) is 17.0 Å². The number of ether oxygens (including phenoxy) is 2. The van der Waals surface area contributed by atoms with Crippen LogP contribution in [-0.2, 0) is 0 Å². The zero-order valence-electron chi connectivity index (χ0n) is 12.1. The summed E-state index contributed by atoms with van der Waals surface area (Å²) in [5, 5.41) is 12.5. The molecule has 0 saturated heterocycles. The number of benzene rings is 2. The summed E-state index contributed by atoms with van der Waals surface area (Å²) in [5.41, 5.74) is 1.93. The lowest BCUT2D eigenvalue weighted by atomic mass is 10.1. The zero-order chi connectivity index (χ0) is 15.4. The summed E-state index contributed by atoms with van der Waals surface area (Å²) in [6, 6.07) is 9.86. The molecule has 5 nitrogen and oxygen atoms in total. The number of carbonyl (C=O) groups excluding carboxylic acids is 1. The second-order valence-corrected chi connectivity index (χ2v) is 4.53. The molecule has 0 fully saturated rings. The summed E-state index contributed by atoms with van der Waals surface area (Å²) in [6.45, 7) is 1.90. The van der Waals surface area contributed by atoms with Gasteiger partial charge in [0.25, 0.3) is 5.91 Å². The lowest BCUT2D eigenvalue weighted by molar-refractivity contribution is 0.102. The van der Waals surface area contributed by atoms with Crippen LogP contribution >= 0.6 is 0 Å². The van der Waals surface area contributed by atoms with Crippen molar-refractivity contribution in [3.05, 3.63) is 47.5 Å². The molecular formula is C16H17NO4. The first kappa shape index (κ1) is 14.7. The molecule has 0 bridgehead atoms. The van der Waals surface area contributed by atoms with E-state index in [9.17, 15) is 9.90 Å². The average molecular weight is 287 g/mol. The second-order valence-electron chi connectivity index (χ2n) is 4.53. The van der Waals surface area contributed by atoms with Crippen molar-refractivity contribution < 1.29 is 19.4 Å². The number of rotatable bonds is 4. The number of hydrogen-bond acceptors (Lipinski definition) is 4. The van der Waals surface area contributed by atoms with Crippen molar-refractivity contribution in [2.75, 3.05) is 19.5 Å². The first-order valence-electron chi connectivity index (χ1n) is 6.38. The third-order valence-corrected chi connectivity index (χ3v) is 3.09. The Balaban J connectivity index is 2.18. The van der Waals surface area contributed by atoms with E-state index in [1.54, 1.807) is 31.4 Å². The van der Waals surface area contributed by atoms with Gasteiger partial charge in [-0.15, -0.1) is 0 Å².